The molecule has 1 N–H and O–H groups in total. The third kappa shape index (κ3) is 5.85. The summed E-state index contributed by atoms with van der Waals surface area (Å²) in [6, 6.07) is 18.3. The van der Waals surface area contributed by atoms with E-state index in [1.165, 1.54) is 23.8 Å². The second-order valence-electron chi connectivity index (χ2n) is 6.97. The van der Waals surface area contributed by atoms with E-state index in [2.05, 4.69) is 49.9 Å². The summed E-state index contributed by atoms with van der Waals surface area (Å²) in [5, 5.41) is 0.631. The maximum absolute atomic E-state index is 6.46. The van der Waals surface area contributed by atoms with Gasteiger partial charge in [0.2, 0.25) is 0 Å². The number of hydrogen-bond acceptors (Lipinski definition) is 6. The normalized spacial score (nSPS) is 15.2. The zero-order valence-electron chi connectivity index (χ0n) is 16.0. The number of anilines is 1. The highest BCUT2D eigenvalue weighted by molar-refractivity contribution is 8.00. The van der Waals surface area contributed by atoms with E-state index in [0.29, 0.717) is 5.02 Å². The molecule has 1 saturated heterocycles. The summed E-state index contributed by atoms with van der Waals surface area (Å²) in [5.41, 5.74) is 1.36. The Morgan fingerprint density at radius 3 is 2.66 bits per heavy atom. The van der Waals surface area contributed by atoms with Crippen molar-refractivity contribution in [1.82, 2.24) is 14.9 Å². The molecule has 0 spiro atoms. The third-order valence-electron chi connectivity index (χ3n) is 4.84. The molecule has 0 saturated carbocycles. The highest BCUT2D eigenvalue weighted by Gasteiger charge is 2.21. The molecule has 7 heteroatoms. The SMILES string of the molecule is Clc1cc(SNc2ccncn2)ccc1OC1CCN(Cc2ccccc2)CC1. The predicted octanol–water partition coefficient (Wildman–Crippen LogP) is 5.29. The van der Waals surface area contributed by atoms with Crippen molar-refractivity contribution in [1.29, 1.82) is 0 Å². The molecule has 0 bridgehead atoms. The summed E-state index contributed by atoms with van der Waals surface area (Å²) in [4.78, 5) is 11.5. The lowest BCUT2D eigenvalue weighted by Crippen LogP contribution is -2.37. The van der Waals surface area contributed by atoms with Crippen molar-refractivity contribution >= 4 is 29.4 Å². The summed E-state index contributed by atoms with van der Waals surface area (Å²) in [6.07, 6.45) is 5.43. The second kappa shape index (κ2) is 9.96. The van der Waals surface area contributed by atoms with Crippen LogP contribution in [0, 0.1) is 0 Å². The van der Waals surface area contributed by atoms with Crippen molar-refractivity contribution in [3.05, 3.63) is 77.7 Å². The van der Waals surface area contributed by atoms with Gasteiger partial charge < -0.3 is 9.46 Å². The number of ether oxygens (including phenoxy) is 1. The number of likely N-dealkylation sites (tertiary alicyclic amines) is 1. The molecule has 1 aliphatic heterocycles. The van der Waals surface area contributed by atoms with Crippen LogP contribution in [0.15, 0.2) is 72.0 Å². The van der Waals surface area contributed by atoms with Gasteiger partial charge in [0.1, 0.15) is 24.0 Å². The third-order valence-corrected chi connectivity index (χ3v) is 5.93. The maximum Gasteiger partial charge on any atom is 0.139 e. The van der Waals surface area contributed by atoms with Gasteiger partial charge in [0.25, 0.3) is 0 Å². The Hall–Kier alpha value is -2.28. The Labute approximate surface area is 180 Å². The number of benzene rings is 2. The van der Waals surface area contributed by atoms with Gasteiger partial charge in [-0.1, -0.05) is 41.9 Å². The van der Waals surface area contributed by atoms with Gasteiger partial charge in [-0.05, 0) is 54.6 Å². The lowest BCUT2D eigenvalue weighted by Gasteiger charge is -2.32. The van der Waals surface area contributed by atoms with Gasteiger partial charge in [0, 0.05) is 30.7 Å². The van der Waals surface area contributed by atoms with Crippen molar-refractivity contribution in [2.24, 2.45) is 0 Å². The molecule has 1 aliphatic rings. The average Bonchev–Trinajstić information content (AvgIpc) is 2.77. The van der Waals surface area contributed by atoms with Crippen LogP contribution >= 0.6 is 23.5 Å². The molecule has 29 heavy (non-hydrogen) atoms. The Bertz CT molecular complexity index is 905. The van der Waals surface area contributed by atoms with Gasteiger partial charge in [0.05, 0.1) is 5.02 Å². The van der Waals surface area contributed by atoms with Crippen LogP contribution in [-0.4, -0.2) is 34.1 Å². The average molecular weight is 427 g/mol. The van der Waals surface area contributed by atoms with Crippen LogP contribution in [0.5, 0.6) is 5.75 Å². The zero-order valence-corrected chi connectivity index (χ0v) is 17.6. The minimum atomic E-state index is 0.206. The summed E-state index contributed by atoms with van der Waals surface area (Å²) in [6.45, 7) is 3.07. The monoisotopic (exact) mass is 426 g/mol. The number of piperidine rings is 1. The molecular weight excluding hydrogens is 404 g/mol. The van der Waals surface area contributed by atoms with E-state index in [-0.39, 0.29) is 6.10 Å². The van der Waals surface area contributed by atoms with Crippen molar-refractivity contribution in [2.75, 3.05) is 17.8 Å². The summed E-state index contributed by atoms with van der Waals surface area (Å²) in [7, 11) is 0. The first-order valence-corrected chi connectivity index (χ1v) is 10.9. The molecule has 0 aliphatic carbocycles. The summed E-state index contributed by atoms with van der Waals surface area (Å²) >= 11 is 7.92. The number of nitrogens with zero attached hydrogens (tertiary/aromatic N) is 3. The van der Waals surface area contributed by atoms with E-state index in [9.17, 15) is 0 Å². The van der Waals surface area contributed by atoms with Crippen LogP contribution < -0.4 is 9.46 Å². The number of rotatable bonds is 7. The van der Waals surface area contributed by atoms with Crippen LogP contribution in [0.3, 0.4) is 0 Å². The molecule has 2 aromatic carbocycles. The molecule has 2 heterocycles. The Balaban J connectivity index is 1.26. The molecule has 0 radical (unpaired) electrons. The van der Waals surface area contributed by atoms with Crippen molar-refractivity contribution in [3.63, 3.8) is 0 Å². The maximum atomic E-state index is 6.46. The van der Waals surface area contributed by atoms with E-state index in [1.54, 1.807) is 6.20 Å². The van der Waals surface area contributed by atoms with E-state index >= 15 is 0 Å². The summed E-state index contributed by atoms with van der Waals surface area (Å²) in [5.74, 6) is 1.50. The standard InChI is InChI=1S/C22H23ClN4OS/c23-20-14-19(29-26-22-8-11-24-16-25-22)6-7-21(20)28-18-9-12-27(13-10-18)15-17-4-2-1-3-5-17/h1-8,11,14,16,18H,9-10,12-13,15H2,(H,24,25,26). The first-order chi connectivity index (χ1) is 14.3. The van der Waals surface area contributed by atoms with Crippen molar-refractivity contribution in [2.45, 2.75) is 30.4 Å². The Morgan fingerprint density at radius 1 is 1.10 bits per heavy atom. The molecule has 150 valence electrons. The second-order valence-corrected chi connectivity index (χ2v) is 8.26. The van der Waals surface area contributed by atoms with Gasteiger partial charge in [0.15, 0.2) is 0 Å². The highest BCUT2D eigenvalue weighted by atomic mass is 35.5. The topological polar surface area (TPSA) is 50.3 Å². The first-order valence-electron chi connectivity index (χ1n) is 9.67. The summed E-state index contributed by atoms with van der Waals surface area (Å²) < 4.78 is 9.37. The minimum Gasteiger partial charge on any atom is -0.489 e. The Kier molecular flexibility index (Phi) is 6.87. The zero-order chi connectivity index (χ0) is 19.9. The van der Waals surface area contributed by atoms with Crippen molar-refractivity contribution < 1.29 is 4.74 Å². The van der Waals surface area contributed by atoms with Crippen LogP contribution in [-0.2, 0) is 6.54 Å². The predicted molar refractivity (Wildman–Crippen MR) is 118 cm³/mol. The van der Waals surface area contributed by atoms with E-state index in [0.717, 1.165) is 48.9 Å². The molecule has 3 aromatic rings. The van der Waals surface area contributed by atoms with Gasteiger partial charge in [-0.3, -0.25) is 4.90 Å². The lowest BCUT2D eigenvalue weighted by atomic mass is 10.1. The minimum absolute atomic E-state index is 0.206. The van der Waals surface area contributed by atoms with Crippen LogP contribution in [0.25, 0.3) is 0 Å². The lowest BCUT2D eigenvalue weighted by molar-refractivity contribution is 0.0968. The van der Waals surface area contributed by atoms with Crippen molar-refractivity contribution in [3.8, 4) is 5.75 Å². The molecule has 1 fully saturated rings. The Morgan fingerprint density at radius 2 is 1.93 bits per heavy atom. The van der Waals surface area contributed by atoms with E-state index in [1.807, 2.05) is 24.3 Å². The first kappa shape index (κ1) is 20.0. The fourth-order valence-electron chi connectivity index (χ4n) is 3.31. The molecule has 1 aromatic heterocycles. The number of hydrogen-bond donors (Lipinski definition) is 1. The molecule has 4 rings (SSSR count). The van der Waals surface area contributed by atoms with E-state index < -0.39 is 0 Å². The van der Waals surface area contributed by atoms with E-state index in [4.69, 9.17) is 16.3 Å². The molecule has 0 atom stereocenters. The fourth-order valence-corrected chi connectivity index (χ4v) is 4.26. The van der Waals surface area contributed by atoms with Gasteiger partial charge >= 0.3 is 0 Å². The van der Waals surface area contributed by atoms with Crippen LogP contribution in [0.2, 0.25) is 5.02 Å². The van der Waals surface area contributed by atoms with Crippen LogP contribution in [0.4, 0.5) is 5.82 Å². The highest BCUT2D eigenvalue weighted by Crippen LogP contribution is 2.32. The smallest absolute Gasteiger partial charge is 0.139 e. The molecular formula is C22H23ClN4OS. The largest absolute Gasteiger partial charge is 0.489 e. The van der Waals surface area contributed by atoms with Gasteiger partial charge in [-0.25, -0.2) is 9.97 Å². The van der Waals surface area contributed by atoms with Gasteiger partial charge in [-0.15, -0.1) is 0 Å². The number of halogens is 1. The molecule has 5 nitrogen and oxygen atoms in total. The molecule has 0 amide bonds. The fraction of sp³-hybridized carbons (Fsp3) is 0.273. The number of nitrogens with one attached hydrogen (secondary N) is 1. The number of aromatic nitrogens is 2. The van der Waals surface area contributed by atoms with Gasteiger partial charge in [-0.2, -0.15) is 0 Å². The quantitative estimate of drug-likeness (QED) is 0.518. The molecule has 0 unspecified atom stereocenters. The van der Waals surface area contributed by atoms with Crippen LogP contribution in [0.1, 0.15) is 18.4 Å².